The van der Waals surface area contributed by atoms with Gasteiger partial charge in [0.1, 0.15) is 0 Å². The third-order valence-electron chi connectivity index (χ3n) is 4.07. The van der Waals surface area contributed by atoms with Crippen molar-refractivity contribution >= 4 is 0 Å². The lowest BCUT2D eigenvalue weighted by molar-refractivity contribution is 0.139. The summed E-state index contributed by atoms with van der Waals surface area (Å²) in [7, 11) is 0. The number of aliphatic hydroxyl groups is 1. The molecule has 0 aromatic heterocycles. The highest BCUT2D eigenvalue weighted by Gasteiger charge is 2.25. The second kappa shape index (κ2) is 6.72. The molecular formula is C14H30N2O. The van der Waals surface area contributed by atoms with Crippen LogP contribution in [0.15, 0.2) is 0 Å². The highest BCUT2D eigenvalue weighted by molar-refractivity contribution is 4.82. The summed E-state index contributed by atoms with van der Waals surface area (Å²) in [5, 5.41) is 9.15. The topological polar surface area (TPSA) is 49.5 Å². The van der Waals surface area contributed by atoms with Crippen molar-refractivity contribution < 1.29 is 5.11 Å². The van der Waals surface area contributed by atoms with Crippen molar-refractivity contribution in [2.75, 3.05) is 19.7 Å². The van der Waals surface area contributed by atoms with Gasteiger partial charge in [-0.25, -0.2) is 0 Å². The third kappa shape index (κ3) is 4.94. The van der Waals surface area contributed by atoms with Gasteiger partial charge in [0.2, 0.25) is 0 Å². The van der Waals surface area contributed by atoms with Gasteiger partial charge in [-0.1, -0.05) is 33.6 Å². The Morgan fingerprint density at radius 3 is 2.29 bits per heavy atom. The Labute approximate surface area is 106 Å². The Hall–Kier alpha value is -0.120. The van der Waals surface area contributed by atoms with E-state index in [0.717, 1.165) is 19.5 Å². The monoisotopic (exact) mass is 242 g/mol. The van der Waals surface area contributed by atoms with Gasteiger partial charge in [0.25, 0.3) is 0 Å². The smallest absolute Gasteiger partial charge is 0.0558 e. The minimum atomic E-state index is 0.181. The molecule has 0 saturated heterocycles. The van der Waals surface area contributed by atoms with Gasteiger partial charge >= 0.3 is 0 Å². The number of aliphatic hydroxyl groups excluding tert-OH is 1. The second-order valence-electron chi connectivity index (χ2n) is 6.46. The molecule has 3 heteroatoms. The summed E-state index contributed by atoms with van der Waals surface area (Å²) in [6, 6.07) is 0.930. The molecule has 0 radical (unpaired) electrons. The molecule has 1 aliphatic rings. The summed E-state index contributed by atoms with van der Waals surface area (Å²) in [5.41, 5.74) is 6.39. The van der Waals surface area contributed by atoms with Crippen LogP contribution < -0.4 is 5.73 Å². The lowest BCUT2D eigenvalue weighted by Crippen LogP contribution is -2.42. The number of hydrogen-bond acceptors (Lipinski definition) is 3. The van der Waals surface area contributed by atoms with Crippen LogP contribution in [0, 0.1) is 5.41 Å². The van der Waals surface area contributed by atoms with Crippen molar-refractivity contribution in [1.29, 1.82) is 0 Å². The molecule has 1 unspecified atom stereocenters. The number of nitrogens with zero attached hydrogens (tertiary/aromatic N) is 1. The van der Waals surface area contributed by atoms with E-state index in [0.29, 0.717) is 6.04 Å². The van der Waals surface area contributed by atoms with Crippen molar-refractivity contribution in [3.8, 4) is 0 Å². The molecule has 3 N–H and O–H groups in total. The van der Waals surface area contributed by atoms with Crippen LogP contribution in [-0.4, -0.2) is 41.8 Å². The largest absolute Gasteiger partial charge is 0.395 e. The summed E-state index contributed by atoms with van der Waals surface area (Å²) in [6.45, 7) is 8.70. The minimum Gasteiger partial charge on any atom is -0.395 e. The molecule has 1 fully saturated rings. The standard InChI is InChI=1S/C14H30N2O/c1-14(2,3)13(15)8-9-16(10-11-17)12-6-4-5-7-12/h12-13,17H,4-11,15H2,1-3H3. The van der Waals surface area contributed by atoms with Crippen LogP contribution in [0.4, 0.5) is 0 Å². The van der Waals surface area contributed by atoms with Crippen molar-refractivity contribution in [1.82, 2.24) is 4.90 Å². The van der Waals surface area contributed by atoms with Gasteiger partial charge in [-0.3, -0.25) is 4.90 Å². The zero-order chi connectivity index (χ0) is 12.9. The van der Waals surface area contributed by atoms with E-state index in [9.17, 15) is 0 Å². The van der Waals surface area contributed by atoms with E-state index >= 15 is 0 Å². The van der Waals surface area contributed by atoms with Crippen LogP contribution in [0.1, 0.15) is 52.9 Å². The number of rotatable bonds is 6. The molecule has 1 saturated carbocycles. The van der Waals surface area contributed by atoms with Crippen molar-refractivity contribution in [2.45, 2.75) is 65.0 Å². The first-order chi connectivity index (χ1) is 7.95. The Bertz CT molecular complexity index is 207. The molecule has 102 valence electrons. The number of hydrogen-bond donors (Lipinski definition) is 2. The fraction of sp³-hybridized carbons (Fsp3) is 1.00. The van der Waals surface area contributed by atoms with Crippen LogP contribution in [0.5, 0.6) is 0 Å². The molecule has 0 amide bonds. The van der Waals surface area contributed by atoms with Crippen molar-refractivity contribution in [3.05, 3.63) is 0 Å². The van der Waals surface area contributed by atoms with Gasteiger partial charge in [-0.15, -0.1) is 0 Å². The summed E-state index contributed by atoms with van der Waals surface area (Å²) >= 11 is 0. The van der Waals surface area contributed by atoms with Crippen LogP contribution >= 0.6 is 0 Å². The van der Waals surface area contributed by atoms with E-state index in [1.54, 1.807) is 0 Å². The third-order valence-corrected chi connectivity index (χ3v) is 4.07. The maximum atomic E-state index is 9.15. The highest BCUT2D eigenvalue weighted by atomic mass is 16.3. The van der Waals surface area contributed by atoms with Gasteiger partial charge in [-0.2, -0.15) is 0 Å². The molecule has 1 aliphatic carbocycles. The maximum absolute atomic E-state index is 9.15. The number of nitrogens with two attached hydrogens (primary N) is 1. The second-order valence-corrected chi connectivity index (χ2v) is 6.46. The first kappa shape index (κ1) is 14.9. The summed E-state index contributed by atoms with van der Waals surface area (Å²) < 4.78 is 0. The zero-order valence-corrected chi connectivity index (χ0v) is 11.8. The van der Waals surface area contributed by atoms with Crippen molar-refractivity contribution in [3.63, 3.8) is 0 Å². The van der Waals surface area contributed by atoms with Gasteiger partial charge < -0.3 is 10.8 Å². The van der Waals surface area contributed by atoms with Crippen molar-refractivity contribution in [2.24, 2.45) is 11.1 Å². The van der Waals surface area contributed by atoms with E-state index in [2.05, 4.69) is 25.7 Å². The SMILES string of the molecule is CC(C)(C)C(N)CCN(CCO)C1CCCC1. The van der Waals surface area contributed by atoms with Crippen LogP contribution in [0.3, 0.4) is 0 Å². The highest BCUT2D eigenvalue weighted by Crippen LogP contribution is 2.25. The maximum Gasteiger partial charge on any atom is 0.0558 e. The Morgan fingerprint density at radius 2 is 1.82 bits per heavy atom. The predicted octanol–water partition coefficient (Wildman–Crippen LogP) is 1.99. The van der Waals surface area contributed by atoms with Crippen LogP contribution in [0.25, 0.3) is 0 Å². The lowest BCUT2D eigenvalue weighted by atomic mass is 9.85. The molecule has 0 bridgehead atoms. The molecular weight excluding hydrogens is 212 g/mol. The molecule has 1 rings (SSSR count). The molecule has 1 atom stereocenters. The van der Waals surface area contributed by atoms with E-state index < -0.39 is 0 Å². The Kier molecular flexibility index (Phi) is 5.90. The molecule has 0 heterocycles. The van der Waals surface area contributed by atoms with E-state index in [1.165, 1.54) is 25.7 Å². The summed E-state index contributed by atoms with van der Waals surface area (Å²) in [4.78, 5) is 2.44. The average molecular weight is 242 g/mol. The van der Waals surface area contributed by atoms with E-state index in [4.69, 9.17) is 10.8 Å². The molecule has 17 heavy (non-hydrogen) atoms. The molecule has 0 aromatic rings. The van der Waals surface area contributed by atoms with Gasteiger partial charge in [-0.05, 0) is 24.7 Å². The average Bonchev–Trinajstić information content (AvgIpc) is 2.75. The van der Waals surface area contributed by atoms with E-state index in [1.807, 2.05) is 0 Å². The molecule has 0 aromatic carbocycles. The van der Waals surface area contributed by atoms with E-state index in [-0.39, 0.29) is 18.1 Å². The summed E-state index contributed by atoms with van der Waals surface area (Å²) in [6.07, 6.45) is 6.31. The van der Waals surface area contributed by atoms with Gasteiger partial charge in [0, 0.05) is 25.2 Å². The summed E-state index contributed by atoms with van der Waals surface area (Å²) in [5.74, 6) is 0. The predicted molar refractivity (Wildman–Crippen MR) is 73.0 cm³/mol. The minimum absolute atomic E-state index is 0.181. The van der Waals surface area contributed by atoms with Gasteiger partial charge in [0.05, 0.1) is 6.61 Å². The molecule has 0 aliphatic heterocycles. The van der Waals surface area contributed by atoms with Gasteiger partial charge in [0.15, 0.2) is 0 Å². The van der Waals surface area contributed by atoms with Crippen LogP contribution in [-0.2, 0) is 0 Å². The fourth-order valence-corrected chi connectivity index (χ4v) is 2.61. The van der Waals surface area contributed by atoms with Crippen LogP contribution in [0.2, 0.25) is 0 Å². The lowest BCUT2D eigenvalue weighted by Gasteiger charge is -2.32. The Balaban J connectivity index is 2.38. The Morgan fingerprint density at radius 1 is 1.24 bits per heavy atom. The molecule has 3 nitrogen and oxygen atoms in total. The first-order valence-corrected chi connectivity index (χ1v) is 7.05. The quantitative estimate of drug-likeness (QED) is 0.749. The first-order valence-electron chi connectivity index (χ1n) is 7.05. The fourth-order valence-electron chi connectivity index (χ4n) is 2.61. The zero-order valence-electron chi connectivity index (χ0n) is 11.8. The normalized spacial score (nSPS) is 20.1. The molecule has 0 spiro atoms.